The Bertz CT molecular complexity index is 1030. The predicted octanol–water partition coefficient (Wildman–Crippen LogP) is 2.46. The Morgan fingerprint density at radius 2 is 2.12 bits per heavy atom. The van der Waals surface area contributed by atoms with Gasteiger partial charge in [0.25, 0.3) is 5.91 Å². The molecule has 5 rings (SSSR count). The first-order chi connectivity index (χ1) is 16.1. The van der Waals surface area contributed by atoms with Crippen LogP contribution in [0.25, 0.3) is 11.3 Å². The summed E-state index contributed by atoms with van der Waals surface area (Å²) in [6, 6.07) is 5.84. The summed E-state index contributed by atoms with van der Waals surface area (Å²) >= 11 is 6.50. The first-order valence-corrected chi connectivity index (χ1v) is 11.8. The molecule has 174 valence electrons. The molecule has 3 aliphatic rings. The summed E-state index contributed by atoms with van der Waals surface area (Å²) in [4.78, 5) is 43.7. The van der Waals surface area contributed by atoms with E-state index in [4.69, 9.17) is 20.8 Å². The van der Waals surface area contributed by atoms with E-state index in [9.17, 15) is 14.4 Å². The van der Waals surface area contributed by atoms with Gasteiger partial charge in [-0.1, -0.05) is 12.8 Å². The van der Waals surface area contributed by atoms with Gasteiger partial charge in [0, 0.05) is 36.5 Å². The summed E-state index contributed by atoms with van der Waals surface area (Å²) < 4.78 is 11.3. The van der Waals surface area contributed by atoms with Crippen LogP contribution in [0.15, 0.2) is 41.1 Å². The number of pyridine rings is 1. The van der Waals surface area contributed by atoms with Crippen molar-refractivity contribution in [1.82, 2.24) is 15.2 Å². The topological polar surface area (TPSA) is 102 Å². The predicted molar refractivity (Wildman–Crippen MR) is 120 cm³/mol. The first-order valence-electron chi connectivity index (χ1n) is 11.4. The second-order valence-corrected chi connectivity index (χ2v) is 9.52. The molecule has 0 radical (unpaired) electrons. The number of aldehydes is 1. The van der Waals surface area contributed by atoms with Gasteiger partial charge in [-0.2, -0.15) is 0 Å². The van der Waals surface area contributed by atoms with Crippen molar-refractivity contribution in [1.29, 1.82) is 0 Å². The zero-order valence-electron chi connectivity index (χ0n) is 18.1. The van der Waals surface area contributed by atoms with Crippen molar-refractivity contribution in [3.8, 4) is 11.3 Å². The molecule has 1 amide bonds. The Balaban J connectivity index is 1.32. The molecule has 0 aromatic carbocycles. The lowest BCUT2D eigenvalue weighted by molar-refractivity contribution is -0.122. The van der Waals surface area contributed by atoms with Gasteiger partial charge in [-0.05, 0) is 37.1 Å². The number of hydrogen-bond acceptors (Lipinski definition) is 7. The highest BCUT2D eigenvalue weighted by molar-refractivity contribution is 6.22. The monoisotopic (exact) mass is 471 g/mol. The number of fused-ring (bicyclic) bond motifs is 1. The van der Waals surface area contributed by atoms with Gasteiger partial charge in [0.2, 0.25) is 0 Å². The van der Waals surface area contributed by atoms with E-state index in [0.717, 1.165) is 37.5 Å². The van der Waals surface area contributed by atoms with Gasteiger partial charge in [0.15, 0.2) is 11.5 Å². The Labute approximate surface area is 196 Å². The summed E-state index contributed by atoms with van der Waals surface area (Å²) in [5, 5.41) is 2.60. The van der Waals surface area contributed by atoms with Crippen molar-refractivity contribution in [2.45, 2.75) is 55.3 Å². The van der Waals surface area contributed by atoms with Crippen molar-refractivity contribution < 1.29 is 23.5 Å². The van der Waals surface area contributed by atoms with Gasteiger partial charge in [0.05, 0.1) is 23.6 Å². The second kappa shape index (κ2) is 9.37. The van der Waals surface area contributed by atoms with Gasteiger partial charge in [-0.15, -0.1) is 11.6 Å². The number of rotatable bonds is 6. The zero-order valence-corrected chi connectivity index (χ0v) is 18.8. The molecule has 9 heteroatoms. The molecule has 6 atom stereocenters. The minimum Gasteiger partial charge on any atom is -0.451 e. The fourth-order valence-corrected chi connectivity index (χ4v) is 5.90. The number of Topliss-reactive ketones (excluding diaryl/α,β-unsaturated/α-hetero) is 1. The van der Waals surface area contributed by atoms with Gasteiger partial charge in [-0.3, -0.25) is 19.5 Å². The quantitative estimate of drug-likeness (QED) is 0.510. The van der Waals surface area contributed by atoms with Crippen LogP contribution in [0.3, 0.4) is 0 Å². The number of alkyl halides is 1. The molecule has 0 spiro atoms. The Hall–Kier alpha value is -2.55. The maximum Gasteiger partial charge on any atom is 0.287 e. The number of ketones is 1. The smallest absolute Gasteiger partial charge is 0.287 e. The molecule has 0 bridgehead atoms. The number of furan rings is 1. The van der Waals surface area contributed by atoms with E-state index in [0.29, 0.717) is 12.3 Å². The molecular weight excluding hydrogens is 446 g/mol. The largest absolute Gasteiger partial charge is 0.451 e. The van der Waals surface area contributed by atoms with E-state index in [1.807, 2.05) is 6.07 Å². The van der Waals surface area contributed by atoms with E-state index in [2.05, 4.69) is 15.2 Å². The molecule has 1 saturated carbocycles. The highest BCUT2D eigenvalue weighted by Gasteiger charge is 2.53. The molecule has 33 heavy (non-hydrogen) atoms. The lowest BCUT2D eigenvalue weighted by Crippen LogP contribution is -2.55. The standard InChI is InChI=1S/C24H26ClN3O5/c25-16-11-28(22-19(30)13-32-23(16)22)18-6-2-1-5-15(18)17(12-29)27-24(31)21-8-7-20(33-21)14-4-3-9-26-10-14/h3-4,7-10,12,15-18,22-23H,1-2,5-6,11,13H2,(H,27,31)/t15?,16-,17?,18-,22+,23+/m0/s1. The first kappa shape index (κ1) is 22.3. The number of amides is 1. The summed E-state index contributed by atoms with van der Waals surface area (Å²) in [7, 11) is 0. The van der Waals surface area contributed by atoms with Crippen molar-refractivity contribution in [3.05, 3.63) is 42.4 Å². The number of carbonyl (C=O) groups excluding carboxylic acids is 3. The SMILES string of the molecule is O=CC(NC(=O)c1ccc(-c2cccnc2)o1)C1CCCC[C@@H]1N1C[C@H](Cl)[C@H]2OCC(=O)[C@H]21. The highest BCUT2D eigenvalue weighted by Crippen LogP contribution is 2.39. The van der Waals surface area contributed by atoms with E-state index >= 15 is 0 Å². The molecule has 2 aromatic rings. The fourth-order valence-electron chi connectivity index (χ4n) is 5.53. The maximum atomic E-state index is 12.9. The molecule has 1 N–H and O–H groups in total. The average Bonchev–Trinajstić information content (AvgIpc) is 3.56. The van der Waals surface area contributed by atoms with Gasteiger partial charge in [-0.25, -0.2) is 0 Å². The van der Waals surface area contributed by atoms with Crippen LogP contribution in [-0.4, -0.2) is 70.6 Å². The maximum absolute atomic E-state index is 12.9. The van der Waals surface area contributed by atoms with E-state index in [1.165, 1.54) is 0 Å². The number of halogens is 1. The number of aromatic nitrogens is 1. The van der Waals surface area contributed by atoms with Crippen LogP contribution in [0.1, 0.15) is 36.2 Å². The van der Waals surface area contributed by atoms with Crippen LogP contribution in [0.4, 0.5) is 0 Å². The Kier molecular flexibility index (Phi) is 6.32. The van der Waals surface area contributed by atoms with Crippen molar-refractivity contribution >= 4 is 29.6 Å². The number of ether oxygens (including phenoxy) is 1. The number of nitrogens with one attached hydrogen (secondary N) is 1. The van der Waals surface area contributed by atoms with Gasteiger partial charge >= 0.3 is 0 Å². The van der Waals surface area contributed by atoms with Crippen LogP contribution in [0, 0.1) is 5.92 Å². The van der Waals surface area contributed by atoms with E-state index in [1.54, 1.807) is 30.6 Å². The summed E-state index contributed by atoms with van der Waals surface area (Å²) in [5.74, 6) is 0.139. The molecule has 4 heterocycles. The molecule has 8 nitrogen and oxygen atoms in total. The third-order valence-electron chi connectivity index (χ3n) is 7.05. The summed E-state index contributed by atoms with van der Waals surface area (Å²) in [6.45, 7) is 0.619. The minimum atomic E-state index is -0.694. The lowest BCUT2D eigenvalue weighted by Gasteiger charge is -2.42. The van der Waals surface area contributed by atoms with Crippen molar-refractivity contribution in [2.75, 3.05) is 13.2 Å². The van der Waals surface area contributed by atoms with Crippen LogP contribution >= 0.6 is 11.6 Å². The number of likely N-dealkylation sites (tertiary alicyclic amines) is 1. The van der Waals surface area contributed by atoms with Crippen LogP contribution in [-0.2, 0) is 14.3 Å². The van der Waals surface area contributed by atoms with E-state index in [-0.39, 0.29) is 47.6 Å². The van der Waals surface area contributed by atoms with Gasteiger partial charge < -0.3 is 19.3 Å². The Morgan fingerprint density at radius 1 is 1.27 bits per heavy atom. The zero-order chi connectivity index (χ0) is 22.9. The number of nitrogens with zero attached hydrogens (tertiary/aromatic N) is 2. The molecule has 3 fully saturated rings. The van der Waals surface area contributed by atoms with Crippen molar-refractivity contribution in [2.24, 2.45) is 5.92 Å². The molecule has 2 aromatic heterocycles. The molecular formula is C24H26ClN3O5. The lowest BCUT2D eigenvalue weighted by atomic mass is 9.78. The number of carbonyl (C=O) groups is 3. The highest BCUT2D eigenvalue weighted by atomic mass is 35.5. The molecule has 2 saturated heterocycles. The van der Waals surface area contributed by atoms with Crippen LogP contribution in [0.2, 0.25) is 0 Å². The van der Waals surface area contributed by atoms with Crippen LogP contribution < -0.4 is 5.32 Å². The fraction of sp³-hybridized carbons (Fsp3) is 0.500. The second-order valence-electron chi connectivity index (χ2n) is 8.96. The molecule has 2 unspecified atom stereocenters. The summed E-state index contributed by atoms with van der Waals surface area (Å²) in [6.07, 6.45) is 7.40. The third kappa shape index (κ3) is 4.23. The third-order valence-corrected chi connectivity index (χ3v) is 7.43. The minimum absolute atomic E-state index is 0.0290. The normalized spacial score (nSPS) is 30.7. The van der Waals surface area contributed by atoms with Crippen LogP contribution in [0.5, 0.6) is 0 Å². The van der Waals surface area contributed by atoms with Crippen molar-refractivity contribution in [3.63, 3.8) is 0 Å². The Morgan fingerprint density at radius 3 is 2.91 bits per heavy atom. The average molecular weight is 472 g/mol. The van der Waals surface area contributed by atoms with Gasteiger partial charge in [0.1, 0.15) is 18.7 Å². The van der Waals surface area contributed by atoms with E-state index < -0.39 is 11.9 Å². The number of hydrogen-bond donors (Lipinski definition) is 1. The molecule has 1 aliphatic carbocycles. The summed E-state index contributed by atoms with van der Waals surface area (Å²) in [5.41, 5.74) is 0.762. The molecule has 2 aliphatic heterocycles.